The Morgan fingerprint density at radius 2 is 1.73 bits per heavy atom. The molecule has 0 aromatic heterocycles. The number of halogens is 1. The highest BCUT2D eigenvalue weighted by atomic mass is 35.5. The number of nitro groups is 1. The minimum Gasteiger partial charge on any atom is -0.266 e. The van der Waals surface area contributed by atoms with Crippen LogP contribution in [0.5, 0.6) is 0 Å². The Morgan fingerprint density at radius 3 is 2.27 bits per heavy atom. The molecule has 0 atom stereocenters. The van der Waals surface area contributed by atoms with Gasteiger partial charge in [0, 0.05) is 17.6 Å². The molecule has 0 N–H and O–H groups in total. The highest BCUT2D eigenvalue weighted by Gasteiger charge is 2.30. The third-order valence-corrected chi connectivity index (χ3v) is 5.23. The fourth-order valence-electron chi connectivity index (χ4n) is 2.04. The molecule has 0 aliphatic carbocycles. The molecular formula is C14H13ClN2O4S. The molecular weight excluding hydrogens is 328 g/mol. The van der Waals surface area contributed by atoms with Crippen LogP contribution in [0.3, 0.4) is 0 Å². The van der Waals surface area contributed by atoms with E-state index in [2.05, 4.69) is 0 Å². The third kappa shape index (κ3) is 3.05. The average molecular weight is 341 g/mol. The third-order valence-electron chi connectivity index (χ3n) is 3.03. The van der Waals surface area contributed by atoms with Crippen molar-refractivity contribution < 1.29 is 13.3 Å². The predicted octanol–water partition coefficient (Wildman–Crippen LogP) is 3.46. The number of nitrogens with zero attached hydrogens (tertiary/aromatic N) is 2. The second-order valence-corrected chi connectivity index (χ2v) is 6.64. The SMILES string of the molecule is CCN(c1ccc(Cl)cc1)S(=O)(=O)c1ccccc1[N+](=O)[O-]. The van der Waals surface area contributed by atoms with E-state index in [4.69, 9.17) is 11.6 Å². The first kappa shape index (κ1) is 16.3. The highest BCUT2D eigenvalue weighted by molar-refractivity contribution is 7.93. The van der Waals surface area contributed by atoms with Crippen LogP contribution >= 0.6 is 11.6 Å². The molecule has 8 heteroatoms. The zero-order valence-corrected chi connectivity index (χ0v) is 13.2. The molecule has 2 aromatic carbocycles. The Bertz CT molecular complexity index is 791. The molecule has 2 rings (SSSR count). The van der Waals surface area contributed by atoms with Crippen molar-refractivity contribution in [2.45, 2.75) is 11.8 Å². The molecule has 0 bridgehead atoms. The Balaban J connectivity index is 2.57. The number of sulfonamides is 1. The van der Waals surface area contributed by atoms with E-state index in [1.165, 1.54) is 24.3 Å². The zero-order chi connectivity index (χ0) is 16.3. The van der Waals surface area contributed by atoms with Crippen LogP contribution in [0.25, 0.3) is 0 Å². The van der Waals surface area contributed by atoms with Crippen LogP contribution in [0, 0.1) is 10.1 Å². The fraction of sp³-hybridized carbons (Fsp3) is 0.143. The first-order valence-electron chi connectivity index (χ1n) is 6.39. The summed E-state index contributed by atoms with van der Waals surface area (Å²) in [5, 5.41) is 11.5. The van der Waals surface area contributed by atoms with E-state index in [0.717, 1.165) is 4.31 Å². The molecule has 6 nitrogen and oxygen atoms in total. The molecule has 0 heterocycles. The van der Waals surface area contributed by atoms with Gasteiger partial charge in [0.25, 0.3) is 15.7 Å². The van der Waals surface area contributed by atoms with Crippen molar-refractivity contribution in [1.29, 1.82) is 0 Å². The maximum atomic E-state index is 12.8. The van der Waals surface area contributed by atoms with Crippen molar-refractivity contribution in [3.8, 4) is 0 Å². The summed E-state index contributed by atoms with van der Waals surface area (Å²) in [7, 11) is -4.04. The van der Waals surface area contributed by atoms with Crippen molar-refractivity contribution in [3.63, 3.8) is 0 Å². The summed E-state index contributed by atoms with van der Waals surface area (Å²) in [6.07, 6.45) is 0. The Hall–Kier alpha value is -2.12. The van der Waals surface area contributed by atoms with E-state index >= 15 is 0 Å². The maximum Gasteiger partial charge on any atom is 0.289 e. The number of anilines is 1. The van der Waals surface area contributed by atoms with Crippen LogP contribution in [-0.4, -0.2) is 19.9 Å². The first-order valence-corrected chi connectivity index (χ1v) is 8.21. The van der Waals surface area contributed by atoms with Gasteiger partial charge in [-0.15, -0.1) is 0 Å². The monoisotopic (exact) mass is 340 g/mol. The summed E-state index contributed by atoms with van der Waals surface area (Å²) in [6, 6.07) is 11.5. The molecule has 0 aliphatic rings. The molecule has 0 saturated carbocycles. The maximum absolute atomic E-state index is 12.8. The predicted molar refractivity (Wildman–Crippen MR) is 84.8 cm³/mol. The zero-order valence-electron chi connectivity index (χ0n) is 11.6. The largest absolute Gasteiger partial charge is 0.289 e. The standard InChI is InChI=1S/C14H13ClN2O4S/c1-2-16(12-9-7-11(15)8-10-12)22(20,21)14-6-4-3-5-13(14)17(18)19/h3-10H,2H2,1H3. The van der Waals surface area contributed by atoms with Gasteiger partial charge >= 0.3 is 0 Å². The van der Waals surface area contributed by atoms with Gasteiger partial charge in [-0.2, -0.15) is 0 Å². The lowest BCUT2D eigenvalue weighted by atomic mass is 10.3. The van der Waals surface area contributed by atoms with E-state index in [1.54, 1.807) is 31.2 Å². The Kier molecular flexibility index (Phi) is 4.68. The van der Waals surface area contributed by atoms with Crippen LogP contribution in [0.15, 0.2) is 53.4 Å². The molecule has 0 aliphatic heterocycles. The summed E-state index contributed by atoms with van der Waals surface area (Å²) in [5.74, 6) is 0. The topological polar surface area (TPSA) is 80.5 Å². The summed E-state index contributed by atoms with van der Waals surface area (Å²) in [6.45, 7) is 1.79. The van der Waals surface area contributed by atoms with Crippen molar-refractivity contribution >= 4 is 33.0 Å². The van der Waals surface area contributed by atoms with Gasteiger partial charge < -0.3 is 0 Å². The molecule has 22 heavy (non-hydrogen) atoms. The molecule has 0 spiro atoms. The quantitative estimate of drug-likeness (QED) is 0.616. The number of nitro benzene ring substituents is 1. The van der Waals surface area contributed by atoms with Crippen molar-refractivity contribution in [2.75, 3.05) is 10.8 Å². The van der Waals surface area contributed by atoms with Crippen LogP contribution < -0.4 is 4.31 Å². The minimum absolute atomic E-state index is 0.135. The van der Waals surface area contributed by atoms with Crippen molar-refractivity contribution in [1.82, 2.24) is 0 Å². The van der Waals surface area contributed by atoms with E-state index < -0.39 is 20.6 Å². The van der Waals surface area contributed by atoms with Gasteiger partial charge in [0.15, 0.2) is 4.90 Å². The van der Waals surface area contributed by atoms with Gasteiger partial charge in [0.1, 0.15) is 0 Å². The molecule has 116 valence electrons. The van der Waals surface area contributed by atoms with Crippen LogP contribution in [0.1, 0.15) is 6.92 Å². The van der Waals surface area contributed by atoms with Gasteiger partial charge in [0.2, 0.25) is 0 Å². The van der Waals surface area contributed by atoms with Crippen molar-refractivity contribution in [2.24, 2.45) is 0 Å². The normalized spacial score (nSPS) is 11.2. The van der Waals surface area contributed by atoms with Crippen LogP contribution in [0.2, 0.25) is 5.02 Å². The number of hydrogen-bond acceptors (Lipinski definition) is 4. The second kappa shape index (κ2) is 6.33. The van der Waals surface area contributed by atoms with Crippen LogP contribution in [-0.2, 0) is 10.0 Å². The highest BCUT2D eigenvalue weighted by Crippen LogP contribution is 2.30. The average Bonchev–Trinajstić information content (AvgIpc) is 2.49. The molecule has 0 saturated heterocycles. The molecule has 0 radical (unpaired) electrons. The van der Waals surface area contributed by atoms with Crippen LogP contribution in [0.4, 0.5) is 11.4 Å². The van der Waals surface area contributed by atoms with Gasteiger partial charge in [-0.1, -0.05) is 23.7 Å². The Morgan fingerprint density at radius 1 is 1.14 bits per heavy atom. The minimum atomic E-state index is -4.04. The van der Waals surface area contributed by atoms with Gasteiger partial charge in [0.05, 0.1) is 10.6 Å². The number of benzene rings is 2. The Labute approximate surface area is 133 Å². The number of rotatable bonds is 5. The summed E-state index contributed by atoms with van der Waals surface area (Å²) in [4.78, 5) is 10.0. The lowest BCUT2D eigenvalue weighted by Crippen LogP contribution is -2.31. The molecule has 0 amide bonds. The fourth-order valence-corrected chi connectivity index (χ4v) is 3.80. The van der Waals surface area contributed by atoms with E-state index in [0.29, 0.717) is 10.7 Å². The summed E-state index contributed by atoms with van der Waals surface area (Å²) in [5.41, 5.74) is -0.0556. The molecule has 0 fully saturated rings. The van der Waals surface area contributed by atoms with E-state index in [9.17, 15) is 18.5 Å². The number of hydrogen-bond donors (Lipinski definition) is 0. The smallest absolute Gasteiger partial charge is 0.266 e. The second-order valence-electron chi connectivity index (χ2n) is 4.37. The number of para-hydroxylation sites is 1. The lowest BCUT2D eigenvalue weighted by molar-refractivity contribution is -0.387. The van der Waals surface area contributed by atoms with Gasteiger partial charge in [-0.3, -0.25) is 14.4 Å². The lowest BCUT2D eigenvalue weighted by Gasteiger charge is -2.22. The van der Waals surface area contributed by atoms with E-state index in [1.807, 2.05) is 0 Å². The first-order chi connectivity index (χ1) is 10.4. The molecule has 2 aromatic rings. The van der Waals surface area contributed by atoms with Gasteiger partial charge in [-0.25, -0.2) is 8.42 Å². The van der Waals surface area contributed by atoms with Crippen molar-refractivity contribution in [3.05, 3.63) is 63.7 Å². The summed E-state index contributed by atoms with van der Waals surface area (Å²) < 4.78 is 26.6. The van der Waals surface area contributed by atoms with Gasteiger partial charge in [-0.05, 0) is 37.3 Å². The summed E-state index contributed by atoms with van der Waals surface area (Å²) >= 11 is 5.80. The molecule has 0 unspecified atom stereocenters. The van der Waals surface area contributed by atoms with E-state index in [-0.39, 0.29) is 11.4 Å².